The number of thioether (sulfide) groups is 2. The van der Waals surface area contributed by atoms with Crippen molar-refractivity contribution in [3.05, 3.63) is 35.4 Å². The summed E-state index contributed by atoms with van der Waals surface area (Å²) in [4.78, 5) is 27.8. The highest BCUT2D eigenvalue weighted by Gasteiger charge is 2.45. The van der Waals surface area contributed by atoms with Gasteiger partial charge in [-0.05, 0) is 30.4 Å². The third-order valence-corrected chi connectivity index (χ3v) is 7.69. The van der Waals surface area contributed by atoms with Crippen LogP contribution in [0.25, 0.3) is 0 Å². The third kappa shape index (κ3) is 3.26. The predicted octanol–water partition coefficient (Wildman–Crippen LogP) is 1.82. The van der Waals surface area contributed by atoms with E-state index in [0.29, 0.717) is 17.5 Å². The molecule has 2 saturated heterocycles. The van der Waals surface area contributed by atoms with Crippen molar-refractivity contribution in [1.82, 2.24) is 10.2 Å². The summed E-state index contributed by atoms with van der Waals surface area (Å²) in [5.41, 5.74) is 2.60. The zero-order valence-electron chi connectivity index (χ0n) is 14.4. The van der Waals surface area contributed by atoms with Crippen molar-refractivity contribution in [2.75, 3.05) is 17.5 Å². The number of ketones is 1. The van der Waals surface area contributed by atoms with Crippen molar-refractivity contribution in [2.24, 2.45) is 5.92 Å². The predicted molar refractivity (Wildman–Crippen MR) is 104 cm³/mol. The number of nitrogens with one attached hydrogen (secondary N) is 1. The van der Waals surface area contributed by atoms with Crippen molar-refractivity contribution in [3.8, 4) is 6.07 Å². The molecule has 3 aliphatic rings. The molecule has 1 amide bonds. The second kappa shape index (κ2) is 7.63. The van der Waals surface area contributed by atoms with Gasteiger partial charge in [0.2, 0.25) is 5.91 Å². The molecule has 0 aromatic heterocycles. The monoisotopic (exact) mass is 387 g/mol. The van der Waals surface area contributed by atoms with E-state index >= 15 is 0 Å². The number of benzene rings is 1. The summed E-state index contributed by atoms with van der Waals surface area (Å²) in [5, 5.41) is 12.1. The summed E-state index contributed by atoms with van der Waals surface area (Å²) in [6, 6.07) is 9.64. The minimum absolute atomic E-state index is 0.0164. The van der Waals surface area contributed by atoms with Gasteiger partial charge in [-0.2, -0.15) is 5.26 Å². The summed E-state index contributed by atoms with van der Waals surface area (Å²) in [6.07, 6.45) is 2.55. The summed E-state index contributed by atoms with van der Waals surface area (Å²) >= 11 is 3.13. The number of nitriles is 1. The van der Waals surface area contributed by atoms with E-state index in [4.69, 9.17) is 0 Å². The fourth-order valence-electron chi connectivity index (χ4n) is 4.01. The van der Waals surface area contributed by atoms with E-state index < -0.39 is 6.04 Å². The first-order valence-electron chi connectivity index (χ1n) is 8.92. The summed E-state index contributed by atoms with van der Waals surface area (Å²) in [6.45, 7) is 0. The molecule has 0 saturated carbocycles. The van der Waals surface area contributed by atoms with Crippen molar-refractivity contribution in [1.29, 1.82) is 5.26 Å². The van der Waals surface area contributed by atoms with Gasteiger partial charge in [0.25, 0.3) is 0 Å². The van der Waals surface area contributed by atoms with Crippen LogP contribution in [0.5, 0.6) is 0 Å². The molecular formula is C19H21N3O2S2. The summed E-state index contributed by atoms with van der Waals surface area (Å²) in [7, 11) is 0. The first kappa shape index (κ1) is 17.9. The Kier molecular flexibility index (Phi) is 5.25. The van der Waals surface area contributed by atoms with Crippen LogP contribution >= 0.6 is 23.5 Å². The van der Waals surface area contributed by atoms with Crippen LogP contribution in [0.2, 0.25) is 0 Å². The molecule has 5 nitrogen and oxygen atoms in total. The lowest BCUT2D eigenvalue weighted by atomic mass is 9.80. The highest BCUT2D eigenvalue weighted by molar-refractivity contribution is 8.01. The Labute approximate surface area is 161 Å². The van der Waals surface area contributed by atoms with Crippen molar-refractivity contribution in [3.63, 3.8) is 0 Å². The van der Waals surface area contributed by atoms with Crippen LogP contribution in [0.4, 0.5) is 0 Å². The summed E-state index contributed by atoms with van der Waals surface area (Å²) in [5.74, 6) is 1.87. The summed E-state index contributed by atoms with van der Waals surface area (Å²) < 4.78 is 0. The van der Waals surface area contributed by atoms with Crippen LogP contribution in [0.15, 0.2) is 24.3 Å². The lowest BCUT2D eigenvalue weighted by Gasteiger charge is -2.29. The zero-order valence-corrected chi connectivity index (χ0v) is 16.0. The molecule has 1 unspecified atom stereocenters. The number of hydrogen-bond acceptors (Lipinski definition) is 6. The van der Waals surface area contributed by atoms with Gasteiger partial charge in [0.05, 0.1) is 17.2 Å². The van der Waals surface area contributed by atoms with Gasteiger partial charge in [0.1, 0.15) is 12.1 Å². The van der Waals surface area contributed by atoms with Crippen LogP contribution in [0.1, 0.15) is 17.5 Å². The second-order valence-corrected chi connectivity index (χ2v) is 9.11. The fourth-order valence-corrected chi connectivity index (χ4v) is 6.32. The minimum Gasteiger partial charge on any atom is -0.315 e. The molecule has 26 heavy (non-hydrogen) atoms. The van der Waals surface area contributed by atoms with E-state index in [2.05, 4.69) is 23.5 Å². The highest BCUT2D eigenvalue weighted by atomic mass is 32.2. The fraction of sp³-hybridized carbons (Fsp3) is 0.526. The van der Waals surface area contributed by atoms with E-state index in [1.807, 2.05) is 12.1 Å². The second-order valence-electron chi connectivity index (χ2n) is 6.98. The number of nitrogens with zero attached hydrogens (tertiary/aromatic N) is 2. The number of hydrogen-bond donors (Lipinski definition) is 1. The van der Waals surface area contributed by atoms with E-state index in [1.54, 1.807) is 16.7 Å². The molecule has 0 bridgehead atoms. The van der Waals surface area contributed by atoms with Crippen molar-refractivity contribution < 1.29 is 9.59 Å². The van der Waals surface area contributed by atoms with E-state index in [0.717, 1.165) is 19.3 Å². The van der Waals surface area contributed by atoms with Gasteiger partial charge in [0.15, 0.2) is 5.78 Å². The first-order chi connectivity index (χ1) is 12.7. The third-order valence-electron chi connectivity index (χ3n) is 5.48. The molecule has 2 aliphatic heterocycles. The molecule has 2 fully saturated rings. The Morgan fingerprint density at radius 1 is 1.27 bits per heavy atom. The normalized spacial score (nSPS) is 30.7. The minimum atomic E-state index is -0.501. The first-order valence-corrected chi connectivity index (χ1v) is 11.1. The molecule has 1 aliphatic carbocycles. The smallest absolute Gasteiger partial charge is 0.243 e. The number of fused-ring (bicyclic) bond motifs is 1. The molecule has 0 radical (unpaired) electrons. The Balaban J connectivity index is 1.47. The maximum absolute atomic E-state index is 13.2. The Morgan fingerprint density at radius 2 is 2.08 bits per heavy atom. The molecule has 1 N–H and O–H groups in total. The average Bonchev–Trinajstić information content (AvgIpc) is 3.35. The standard InChI is InChI=1S/C19H21N3O2S2/c20-8-15-9-25-11-22(15)19(24)16-18(26-10-21-16)17(23)14-6-5-12-3-1-2-4-13(12)7-14/h1-4,14-16,18,21H,5-7,9-11H2/t14-,15+,16-,18?/m0/s1. The number of amides is 1. The largest absolute Gasteiger partial charge is 0.315 e. The lowest BCUT2D eigenvalue weighted by Crippen LogP contribution is -2.52. The van der Waals surface area contributed by atoms with Crippen molar-refractivity contribution in [2.45, 2.75) is 36.6 Å². The molecule has 136 valence electrons. The molecular weight excluding hydrogens is 366 g/mol. The molecule has 1 aromatic carbocycles. The molecule has 1 aromatic rings. The number of rotatable bonds is 3. The van der Waals surface area contributed by atoms with Gasteiger partial charge >= 0.3 is 0 Å². The van der Waals surface area contributed by atoms with Gasteiger partial charge in [-0.25, -0.2) is 0 Å². The maximum atomic E-state index is 13.2. The molecule has 4 rings (SSSR count). The van der Waals surface area contributed by atoms with E-state index in [-0.39, 0.29) is 28.9 Å². The number of aryl methyl sites for hydroxylation is 1. The van der Waals surface area contributed by atoms with Crippen LogP contribution in [0, 0.1) is 17.2 Å². The Bertz CT molecular complexity index is 763. The van der Waals surface area contributed by atoms with Gasteiger partial charge in [0, 0.05) is 17.5 Å². The average molecular weight is 388 g/mol. The zero-order chi connectivity index (χ0) is 18.1. The molecule has 2 heterocycles. The van der Waals surface area contributed by atoms with E-state index in [1.165, 1.54) is 22.9 Å². The number of Topliss-reactive ketones (excluding diaryl/α,β-unsaturated/α-hetero) is 1. The molecule has 4 atom stereocenters. The van der Waals surface area contributed by atoms with Gasteiger partial charge < -0.3 is 4.90 Å². The lowest BCUT2D eigenvalue weighted by molar-refractivity contribution is -0.135. The van der Waals surface area contributed by atoms with Crippen molar-refractivity contribution >= 4 is 35.2 Å². The number of carbonyl (C=O) groups excluding carboxylic acids is 2. The van der Waals surface area contributed by atoms with Crippen LogP contribution in [-0.4, -0.2) is 51.4 Å². The topological polar surface area (TPSA) is 73.2 Å². The van der Waals surface area contributed by atoms with Gasteiger partial charge in [-0.15, -0.1) is 23.5 Å². The van der Waals surface area contributed by atoms with Crippen LogP contribution < -0.4 is 5.32 Å². The quantitative estimate of drug-likeness (QED) is 0.853. The Hall–Kier alpha value is -1.49. The molecule has 7 heteroatoms. The molecule has 0 spiro atoms. The van der Waals surface area contributed by atoms with Gasteiger partial charge in [-0.3, -0.25) is 14.9 Å². The number of carbonyl (C=O) groups is 2. The Morgan fingerprint density at radius 3 is 2.88 bits per heavy atom. The van der Waals surface area contributed by atoms with Crippen LogP contribution in [0.3, 0.4) is 0 Å². The van der Waals surface area contributed by atoms with Gasteiger partial charge in [-0.1, -0.05) is 24.3 Å². The highest BCUT2D eigenvalue weighted by Crippen LogP contribution is 2.33. The van der Waals surface area contributed by atoms with E-state index in [9.17, 15) is 14.9 Å². The maximum Gasteiger partial charge on any atom is 0.243 e. The SMILES string of the molecule is N#C[C@@H]1CSCN1C(=O)[C@H]1NCSC1C(=O)[C@H]1CCc2ccccc2C1. The van der Waals surface area contributed by atoms with Crippen LogP contribution in [-0.2, 0) is 22.4 Å².